The van der Waals surface area contributed by atoms with Crippen molar-refractivity contribution in [3.8, 4) is 0 Å². The van der Waals surface area contributed by atoms with Gasteiger partial charge in [-0.25, -0.2) is 0 Å². The Morgan fingerprint density at radius 1 is 1.55 bits per heavy atom. The third kappa shape index (κ3) is 3.98. The molecule has 0 saturated heterocycles. The minimum atomic E-state index is -0.251. The van der Waals surface area contributed by atoms with Gasteiger partial charge in [0, 0.05) is 12.5 Å². The Bertz CT molecular complexity index is 138. The van der Waals surface area contributed by atoms with Gasteiger partial charge in [0.15, 0.2) is 0 Å². The van der Waals surface area contributed by atoms with Crippen LogP contribution in [0.5, 0.6) is 0 Å². The highest BCUT2D eigenvalue weighted by atomic mass is 16.1. The first kappa shape index (κ1) is 10.4. The van der Waals surface area contributed by atoms with Gasteiger partial charge in [0.25, 0.3) is 0 Å². The Hall–Kier alpha value is -0.570. The smallest absolute Gasteiger partial charge is 0.219 e. The summed E-state index contributed by atoms with van der Waals surface area (Å²) in [6, 6.07) is 0.167. The van der Waals surface area contributed by atoms with Crippen LogP contribution < -0.4 is 11.1 Å². The molecule has 1 amide bonds. The van der Waals surface area contributed by atoms with Gasteiger partial charge in [0.2, 0.25) is 5.91 Å². The largest absolute Gasteiger partial charge is 0.370 e. The lowest BCUT2D eigenvalue weighted by atomic mass is 9.85. The lowest BCUT2D eigenvalue weighted by molar-refractivity contribution is -0.119. The topological polar surface area (TPSA) is 55.1 Å². The van der Waals surface area contributed by atoms with Gasteiger partial charge in [0.05, 0.1) is 0 Å². The molecule has 3 nitrogen and oxygen atoms in total. The predicted molar refractivity (Wildman–Crippen MR) is 46.1 cm³/mol. The molecule has 0 saturated carbocycles. The van der Waals surface area contributed by atoms with Crippen LogP contribution in [0.25, 0.3) is 0 Å². The van der Waals surface area contributed by atoms with E-state index in [-0.39, 0.29) is 17.4 Å². The number of carbonyl (C=O) groups excluding carboxylic acids is 1. The standard InChI is InChI=1S/C8H18N2O/c1-8(2,3)6(10-4)5-7(9)11/h6,10H,5H2,1-4H3,(H2,9,11). The second-order valence-corrected chi connectivity index (χ2v) is 3.88. The molecule has 0 spiro atoms. The number of nitrogens with one attached hydrogen (secondary N) is 1. The summed E-state index contributed by atoms with van der Waals surface area (Å²) in [6.45, 7) is 6.24. The maximum Gasteiger partial charge on any atom is 0.219 e. The molecule has 3 N–H and O–H groups in total. The van der Waals surface area contributed by atoms with Crippen molar-refractivity contribution in [1.29, 1.82) is 0 Å². The maximum atomic E-state index is 10.6. The normalized spacial score (nSPS) is 14.5. The first-order chi connectivity index (χ1) is 4.88. The van der Waals surface area contributed by atoms with Crippen molar-refractivity contribution >= 4 is 5.91 Å². The van der Waals surface area contributed by atoms with E-state index in [9.17, 15) is 4.79 Å². The SMILES string of the molecule is CNC(CC(N)=O)C(C)(C)C. The second-order valence-electron chi connectivity index (χ2n) is 3.88. The molecule has 0 aliphatic rings. The van der Waals surface area contributed by atoms with E-state index in [1.807, 2.05) is 7.05 Å². The molecule has 0 aromatic carbocycles. The first-order valence-corrected chi connectivity index (χ1v) is 3.83. The van der Waals surface area contributed by atoms with E-state index in [1.54, 1.807) is 0 Å². The van der Waals surface area contributed by atoms with Crippen LogP contribution in [0, 0.1) is 5.41 Å². The van der Waals surface area contributed by atoms with Gasteiger partial charge >= 0.3 is 0 Å². The van der Waals surface area contributed by atoms with Gasteiger partial charge in [0.1, 0.15) is 0 Å². The molecular weight excluding hydrogens is 140 g/mol. The number of amides is 1. The van der Waals surface area contributed by atoms with Crippen LogP contribution in [0.2, 0.25) is 0 Å². The van der Waals surface area contributed by atoms with Crippen LogP contribution in [0.4, 0.5) is 0 Å². The molecule has 0 aromatic heterocycles. The lowest BCUT2D eigenvalue weighted by Gasteiger charge is -2.29. The molecular formula is C8H18N2O. The van der Waals surface area contributed by atoms with Crippen molar-refractivity contribution in [2.75, 3.05) is 7.05 Å². The van der Waals surface area contributed by atoms with Crippen LogP contribution in [0.1, 0.15) is 27.2 Å². The van der Waals surface area contributed by atoms with Crippen molar-refractivity contribution in [2.45, 2.75) is 33.2 Å². The molecule has 3 heteroatoms. The molecule has 1 atom stereocenters. The number of primary amides is 1. The van der Waals surface area contributed by atoms with Crippen LogP contribution in [0.15, 0.2) is 0 Å². The Balaban J connectivity index is 4.07. The van der Waals surface area contributed by atoms with E-state index in [0.717, 1.165) is 0 Å². The highest BCUT2D eigenvalue weighted by molar-refractivity contribution is 5.74. The molecule has 1 unspecified atom stereocenters. The summed E-state index contributed by atoms with van der Waals surface area (Å²) in [7, 11) is 1.85. The zero-order chi connectivity index (χ0) is 9.07. The Morgan fingerprint density at radius 3 is 2.09 bits per heavy atom. The Labute approximate surface area is 68.3 Å². The van der Waals surface area contributed by atoms with Crippen molar-refractivity contribution in [3.05, 3.63) is 0 Å². The molecule has 0 aromatic rings. The van der Waals surface area contributed by atoms with Crippen LogP contribution in [-0.4, -0.2) is 19.0 Å². The molecule has 66 valence electrons. The molecule has 0 aliphatic heterocycles. The summed E-state index contributed by atoms with van der Waals surface area (Å²) >= 11 is 0. The summed E-state index contributed by atoms with van der Waals surface area (Å²) < 4.78 is 0. The summed E-state index contributed by atoms with van der Waals surface area (Å²) in [4.78, 5) is 10.6. The van der Waals surface area contributed by atoms with E-state index < -0.39 is 0 Å². The summed E-state index contributed by atoms with van der Waals surface area (Å²) in [5.74, 6) is -0.251. The minimum absolute atomic E-state index is 0.0871. The maximum absolute atomic E-state index is 10.6. The Kier molecular flexibility index (Phi) is 3.52. The summed E-state index contributed by atoms with van der Waals surface area (Å²) in [5, 5.41) is 3.07. The van der Waals surface area contributed by atoms with Gasteiger partial charge in [-0.2, -0.15) is 0 Å². The van der Waals surface area contributed by atoms with Gasteiger partial charge < -0.3 is 11.1 Å². The van der Waals surface area contributed by atoms with E-state index in [0.29, 0.717) is 6.42 Å². The average Bonchev–Trinajstić information content (AvgIpc) is 1.79. The van der Waals surface area contributed by atoms with Crippen LogP contribution in [-0.2, 0) is 4.79 Å². The first-order valence-electron chi connectivity index (χ1n) is 3.83. The van der Waals surface area contributed by atoms with E-state index in [2.05, 4.69) is 26.1 Å². The number of nitrogens with two attached hydrogens (primary N) is 1. The molecule has 11 heavy (non-hydrogen) atoms. The molecule has 0 fully saturated rings. The van der Waals surface area contributed by atoms with Crippen molar-refractivity contribution in [1.82, 2.24) is 5.32 Å². The Morgan fingerprint density at radius 2 is 2.00 bits per heavy atom. The summed E-state index contributed by atoms with van der Waals surface area (Å²) in [6.07, 6.45) is 0.403. The fraction of sp³-hybridized carbons (Fsp3) is 0.875. The number of hydrogen-bond donors (Lipinski definition) is 2. The molecule has 0 heterocycles. The molecule has 0 radical (unpaired) electrons. The highest BCUT2D eigenvalue weighted by Crippen LogP contribution is 2.20. The third-order valence-electron chi connectivity index (χ3n) is 1.80. The number of carbonyl (C=O) groups is 1. The fourth-order valence-corrected chi connectivity index (χ4v) is 1.04. The quantitative estimate of drug-likeness (QED) is 0.628. The third-order valence-corrected chi connectivity index (χ3v) is 1.80. The van der Waals surface area contributed by atoms with Crippen molar-refractivity contribution in [3.63, 3.8) is 0 Å². The minimum Gasteiger partial charge on any atom is -0.370 e. The van der Waals surface area contributed by atoms with Crippen molar-refractivity contribution < 1.29 is 4.79 Å². The van der Waals surface area contributed by atoms with Crippen LogP contribution >= 0.6 is 0 Å². The molecule has 0 bridgehead atoms. The molecule has 0 rings (SSSR count). The van der Waals surface area contributed by atoms with Crippen LogP contribution in [0.3, 0.4) is 0 Å². The number of rotatable bonds is 3. The van der Waals surface area contributed by atoms with E-state index >= 15 is 0 Å². The zero-order valence-corrected chi connectivity index (χ0v) is 7.77. The second kappa shape index (κ2) is 3.72. The van der Waals surface area contributed by atoms with Gasteiger partial charge in [-0.3, -0.25) is 4.79 Å². The highest BCUT2D eigenvalue weighted by Gasteiger charge is 2.24. The van der Waals surface area contributed by atoms with Gasteiger partial charge in [-0.05, 0) is 12.5 Å². The monoisotopic (exact) mass is 158 g/mol. The zero-order valence-electron chi connectivity index (χ0n) is 7.77. The molecule has 0 aliphatic carbocycles. The lowest BCUT2D eigenvalue weighted by Crippen LogP contribution is -2.41. The average molecular weight is 158 g/mol. The summed E-state index contributed by atoms with van der Waals surface area (Å²) in [5.41, 5.74) is 5.17. The van der Waals surface area contributed by atoms with Gasteiger partial charge in [-0.15, -0.1) is 0 Å². The van der Waals surface area contributed by atoms with Crippen molar-refractivity contribution in [2.24, 2.45) is 11.1 Å². The number of hydrogen-bond acceptors (Lipinski definition) is 2. The van der Waals surface area contributed by atoms with E-state index in [4.69, 9.17) is 5.73 Å². The van der Waals surface area contributed by atoms with Gasteiger partial charge in [-0.1, -0.05) is 20.8 Å². The fourth-order valence-electron chi connectivity index (χ4n) is 1.04. The van der Waals surface area contributed by atoms with E-state index in [1.165, 1.54) is 0 Å². The predicted octanol–water partition coefficient (Wildman–Crippen LogP) is 0.496.